The third-order valence-corrected chi connectivity index (χ3v) is 9.91. The van der Waals surface area contributed by atoms with Crippen molar-refractivity contribution in [3.8, 4) is 0 Å². The van der Waals surface area contributed by atoms with Crippen molar-refractivity contribution in [2.24, 2.45) is 46.3 Å². The number of aliphatic hydroxyl groups excluding tert-OH is 2. The lowest BCUT2D eigenvalue weighted by atomic mass is 9.43. The first-order chi connectivity index (χ1) is 12.7. The van der Waals surface area contributed by atoms with Gasteiger partial charge in [-0.2, -0.15) is 0 Å². The molecule has 0 amide bonds. The van der Waals surface area contributed by atoms with Crippen LogP contribution in [0.5, 0.6) is 0 Å². The van der Waals surface area contributed by atoms with E-state index in [0.717, 1.165) is 44.9 Å². The van der Waals surface area contributed by atoms with E-state index in [0.29, 0.717) is 29.6 Å². The minimum Gasteiger partial charge on any atom is -0.481 e. The first kappa shape index (κ1) is 19.7. The molecule has 0 heterocycles. The van der Waals surface area contributed by atoms with Crippen LogP contribution in [0.3, 0.4) is 0 Å². The number of rotatable bonds is 3. The topological polar surface area (TPSA) is 77.8 Å². The molecule has 4 nitrogen and oxygen atoms in total. The molecule has 0 bridgehead atoms. The van der Waals surface area contributed by atoms with Crippen LogP contribution in [0.25, 0.3) is 0 Å². The monoisotopic (exact) mass is 378 g/mol. The molecule has 0 aromatic carbocycles. The molecule has 0 aliphatic heterocycles. The highest BCUT2D eigenvalue weighted by Crippen LogP contribution is 2.68. The van der Waals surface area contributed by atoms with Crippen LogP contribution in [0.2, 0.25) is 0 Å². The van der Waals surface area contributed by atoms with Crippen molar-refractivity contribution in [1.82, 2.24) is 0 Å². The lowest BCUT2D eigenvalue weighted by Crippen LogP contribution is -2.58. The lowest BCUT2D eigenvalue weighted by molar-refractivity contribution is -0.174. The van der Waals surface area contributed by atoms with Crippen LogP contribution in [0.15, 0.2) is 0 Å². The van der Waals surface area contributed by atoms with Gasteiger partial charge in [-0.25, -0.2) is 0 Å². The number of carbonyl (C=O) groups is 1. The summed E-state index contributed by atoms with van der Waals surface area (Å²) in [6, 6.07) is 0. The fraction of sp³-hybridized carbons (Fsp3) is 0.957. The molecule has 0 saturated heterocycles. The van der Waals surface area contributed by atoms with Crippen molar-refractivity contribution < 1.29 is 20.1 Å². The van der Waals surface area contributed by atoms with E-state index in [1.165, 1.54) is 6.42 Å². The summed E-state index contributed by atoms with van der Waals surface area (Å²) in [6.45, 7) is 6.96. The van der Waals surface area contributed by atoms with Crippen LogP contribution in [0.1, 0.15) is 78.6 Å². The number of carboxylic acids is 1. The van der Waals surface area contributed by atoms with Gasteiger partial charge < -0.3 is 15.3 Å². The van der Waals surface area contributed by atoms with Crippen LogP contribution in [-0.4, -0.2) is 33.5 Å². The van der Waals surface area contributed by atoms with Crippen molar-refractivity contribution in [2.75, 3.05) is 0 Å². The van der Waals surface area contributed by atoms with Gasteiger partial charge in [0.25, 0.3) is 0 Å². The maximum Gasteiger partial charge on any atom is 0.303 e. The Labute approximate surface area is 163 Å². The Bertz CT molecular complexity index is 591. The molecular weight excluding hydrogens is 340 g/mol. The average Bonchev–Trinajstić information content (AvgIpc) is 2.93. The Morgan fingerprint density at radius 3 is 2.37 bits per heavy atom. The standard InChI is InChI=1S/C23H38O4/c1-13(10-20(26)27)16-4-5-17-21-18(7-9-23(16,17)3)22(2)8-6-15(24)11-14(22)12-19(21)25/h13-19,21,24-25H,4-12H2,1-3H3,(H,26,27)/t13-,14+,15+,16-,17+,18+,19-,21+,22+,23-/m1/s1. The van der Waals surface area contributed by atoms with E-state index in [2.05, 4.69) is 20.8 Å². The molecule has 0 spiro atoms. The molecule has 4 rings (SSSR count). The molecule has 0 radical (unpaired) electrons. The van der Waals surface area contributed by atoms with Gasteiger partial charge >= 0.3 is 5.97 Å². The minimum absolute atomic E-state index is 0.175. The van der Waals surface area contributed by atoms with Gasteiger partial charge in [-0.1, -0.05) is 20.8 Å². The zero-order valence-electron chi connectivity index (χ0n) is 17.2. The highest BCUT2D eigenvalue weighted by atomic mass is 16.4. The normalized spacial score (nSPS) is 53.1. The van der Waals surface area contributed by atoms with E-state index in [9.17, 15) is 20.1 Å². The first-order valence-electron chi connectivity index (χ1n) is 11.2. The second-order valence-corrected chi connectivity index (χ2v) is 11.0. The number of hydrogen-bond acceptors (Lipinski definition) is 3. The third kappa shape index (κ3) is 2.97. The van der Waals surface area contributed by atoms with E-state index in [4.69, 9.17) is 0 Å². The SMILES string of the molecule is C[C@H](CC(=O)O)[C@H]1CC[C@H]2[C@@H]3[C@H](O)C[C@@H]4C[C@@H](O)CC[C@]4(C)[C@H]3CC[C@]12C. The number of carboxylic acid groups (broad SMARTS) is 1. The van der Waals surface area contributed by atoms with Crippen molar-refractivity contribution in [3.05, 3.63) is 0 Å². The molecule has 10 atom stereocenters. The number of fused-ring (bicyclic) bond motifs is 5. The molecule has 3 N–H and O–H groups in total. The molecule has 4 saturated carbocycles. The fourth-order valence-electron chi connectivity index (χ4n) is 8.59. The number of hydrogen-bond donors (Lipinski definition) is 3. The molecule has 154 valence electrons. The van der Waals surface area contributed by atoms with Gasteiger partial charge in [0.1, 0.15) is 0 Å². The molecular formula is C23H38O4. The second-order valence-electron chi connectivity index (χ2n) is 11.0. The summed E-state index contributed by atoms with van der Waals surface area (Å²) >= 11 is 0. The van der Waals surface area contributed by atoms with Crippen molar-refractivity contribution in [1.29, 1.82) is 0 Å². The summed E-state index contributed by atoms with van der Waals surface area (Å²) < 4.78 is 0. The van der Waals surface area contributed by atoms with Gasteiger partial charge in [-0.3, -0.25) is 4.79 Å². The van der Waals surface area contributed by atoms with Crippen LogP contribution in [-0.2, 0) is 4.79 Å². The third-order valence-electron chi connectivity index (χ3n) is 9.91. The smallest absolute Gasteiger partial charge is 0.303 e. The van der Waals surface area contributed by atoms with E-state index in [1.807, 2.05) is 0 Å². The summed E-state index contributed by atoms with van der Waals surface area (Å²) in [7, 11) is 0. The Balaban J connectivity index is 1.60. The zero-order valence-corrected chi connectivity index (χ0v) is 17.2. The minimum atomic E-state index is -0.683. The number of aliphatic carboxylic acids is 1. The predicted molar refractivity (Wildman–Crippen MR) is 104 cm³/mol. The Kier molecular flexibility index (Phi) is 4.91. The van der Waals surface area contributed by atoms with Crippen LogP contribution in [0, 0.1) is 46.3 Å². The van der Waals surface area contributed by atoms with Gasteiger partial charge in [0.15, 0.2) is 0 Å². The van der Waals surface area contributed by atoms with Gasteiger partial charge in [0.2, 0.25) is 0 Å². The molecule has 0 unspecified atom stereocenters. The van der Waals surface area contributed by atoms with Gasteiger partial charge in [-0.05, 0) is 97.7 Å². The summed E-state index contributed by atoms with van der Waals surface area (Å²) in [5.74, 6) is 1.89. The van der Waals surface area contributed by atoms with Crippen molar-refractivity contribution >= 4 is 5.97 Å². The Morgan fingerprint density at radius 1 is 1.00 bits per heavy atom. The Morgan fingerprint density at radius 2 is 1.67 bits per heavy atom. The molecule has 0 aromatic heterocycles. The molecule has 4 aliphatic rings. The van der Waals surface area contributed by atoms with Crippen molar-refractivity contribution in [3.63, 3.8) is 0 Å². The number of aliphatic hydroxyl groups is 2. The molecule has 4 fully saturated rings. The maximum atomic E-state index is 11.3. The molecule has 0 aromatic rings. The maximum absolute atomic E-state index is 11.3. The molecule has 4 aliphatic carbocycles. The predicted octanol–water partition coefficient (Wildman–Crippen LogP) is 4.09. The van der Waals surface area contributed by atoms with E-state index in [1.54, 1.807) is 0 Å². The average molecular weight is 379 g/mol. The van der Waals surface area contributed by atoms with E-state index in [-0.39, 0.29) is 35.4 Å². The molecule has 27 heavy (non-hydrogen) atoms. The largest absolute Gasteiger partial charge is 0.481 e. The van der Waals surface area contributed by atoms with Crippen LogP contribution < -0.4 is 0 Å². The summed E-state index contributed by atoms with van der Waals surface area (Å²) in [5.41, 5.74) is 0.434. The van der Waals surface area contributed by atoms with Gasteiger partial charge in [0, 0.05) is 6.42 Å². The van der Waals surface area contributed by atoms with Gasteiger partial charge in [-0.15, -0.1) is 0 Å². The van der Waals surface area contributed by atoms with E-state index < -0.39 is 5.97 Å². The highest BCUT2D eigenvalue weighted by molar-refractivity contribution is 5.67. The first-order valence-corrected chi connectivity index (χ1v) is 11.2. The van der Waals surface area contributed by atoms with Crippen LogP contribution >= 0.6 is 0 Å². The Hall–Kier alpha value is -0.610. The highest BCUT2D eigenvalue weighted by Gasteiger charge is 2.62. The summed E-state index contributed by atoms with van der Waals surface area (Å²) in [4.78, 5) is 11.3. The second kappa shape index (κ2) is 6.73. The molecule has 4 heteroatoms. The quantitative estimate of drug-likeness (QED) is 0.691. The van der Waals surface area contributed by atoms with E-state index >= 15 is 0 Å². The van der Waals surface area contributed by atoms with Crippen LogP contribution in [0.4, 0.5) is 0 Å². The summed E-state index contributed by atoms with van der Waals surface area (Å²) in [6.07, 6.45) is 8.12. The summed E-state index contributed by atoms with van der Waals surface area (Å²) in [5, 5.41) is 30.7. The van der Waals surface area contributed by atoms with Crippen molar-refractivity contribution in [2.45, 2.75) is 90.8 Å². The lowest BCUT2D eigenvalue weighted by Gasteiger charge is -2.62. The van der Waals surface area contributed by atoms with Gasteiger partial charge in [0.05, 0.1) is 12.2 Å². The fourth-order valence-corrected chi connectivity index (χ4v) is 8.59. The zero-order chi connectivity index (χ0) is 19.6.